The molecule has 1 aromatic carbocycles. The van der Waals surface area contributed by atoms with Gasteiger partial charge in [-0.15, -0.1) is 0 Å². The van der Waals surface area contributed by atoms with Gasteiger partial charge in [-0.2, -0.15) is 5.26 Å². The fourth-order valence-corrected chi connectivity index (χ4v) is 3.87. The van der Waals surface area contributed by atoms with Crippen LogP contribution in [0, 0.1) is 18.3 Å². The first kappa shape index (κ1) is 17.9. The van der Waals surface area contributed by atoms with E-state index in [0.717, 1.165) is 36.5 Å². The molecular formula is C22H21N5O. The number of aryl methyl sites for hydroxylation is 1. The standard InChI is InChI=1S/C22H21N5O/c1-16-13-25-21(19-7-3-9-24-14-19)27(16)20-8-4-10-26(15-20)22(28)18-6-2-5-17(11-18)12-23/h2-3,5-7,9,11,13-14,20H,4,8,10,15H2,1H3. The average Bonchev–Trinajstić information content (AvgIpc) is 3.15. The predicted molar refractivity (Wildman–Crippen MR) is 106 cm³/mol. The Balaban J connectivity index is 1.61. The van der Waals surface area contributed by atoms with Crippen LogP contribution in [0.5, 0.6) is 0 Å². The van der Waals surface area contributed by atoms with Gasteiger partial charge in [-0.25, -0.2) is 4.98 Å². The second kappa shape index (κ2) is 7.65. The zero-order valence-corrected chi connectivity index (χ0v) is 15.7. The van der Waals surface area contributed by atoms with Crippen LogP contribution in [0.4, 0.5) is 0 Å². The number of carbonyl (C=O) groups is 1. The summed E-state index contributed by atoms with van der Waals surface area (Å²) in [4.78, 5) is 23.7. The van der Waals surface area contributed by atoms with Crippen LogP contribution < -0.4 is 0 Å². The SMILES string of the molecule is Cc1cnc(-c2cccnc2)n1C1CCCN(C(=O)c2cccc(C#N)c2)C1. The van der Waals surface area contributed by atoms with Gasteiger partial charge < -0.3 is 9.47 Å². The highest BCUT2D eigenvalue weighted by Crippen LogP contribution is 2.29. The molecule has 1 fully saturated rings. The van der Waals surface area contributed by atoms with Crippen molar-refractivity contribution in [2.75, 3.05) is 13.1 Å². The van der Waals surface area contributed by atoms with E-state index in [9.17, 15) is 4.79 Å². The lowest BCUT2D eigenvalue weighted by Gasteiger charge is -2.35. The molecule has 4 rings (SSSR count). The Morgan fingerprint density at radius 2 is 2.14 bits per heavy atom. The third-order valence-corrected chi connectivity index (χ3v) is 5.19. The number of aromatic nitrogens is 3. The fraction of sp³-hybridized carbons (Fsp3) is 0.273. The molecule has 2 aromatic heterocycles. The smallest absolute Gasteiger partial charge is 0.253 e. The lowest BCUT2D eigenvalue weighted by Crippen LogP contribution is -2.41. The van der Waals surface area contributed by atoms with E-state index in [1.165, 1.54) is 0 Å². The number of likely N-dealkylation sites (tertiary alicyclic amines) is 1. The average molecular weight is 371 g/mol. The van der Waals surface area contributed by atoms with Gasteiger partial charge in [-0.05, 0) is 50.1 Å². The van der Waals surface area contributed by atoms with Crippen LogP contribution in [0.1, 0.15) is 40.5 Å². The number of hydrogen-bond acceptors (Lipinski definition) is 4. The molecule has 0 bridgehead atoms. The van der Waals surface area contributed by atoms with Gasteiger partial charge in [-0.3, -0.25) is 9.78 Å². The Labute approximate surface area is 164 Å². The molecule has 1 atom stereocenters. The monoisotopic (exact) mass is 371 g/mol. The molecule has 3 aromatic rings. The minimum atomic E-state index is -0.0255. The number of amides is 1. The summed E-state index contributed by atoms with van der Waals surface area (Å²) < 4.78 is 2.22. The highest BCUT2D eigenvalue weighted by atomic mass is 16.2. The molecule has 1 aliphatic heterocycles. The number of nitrogens with zero attached hydrogens (tertiary/aromatic N) is 5. The van der Waals surface area contributed by atoms with Gasteiger partial charge in [0.15, 0.2) is 0 Å². The van der Waals surface area contributed by atoms with Crippen molar-refractivity contribution in [2.24, 2.45) is 0 Å². The van der Waals surface area contributed by atoms with Crippen LogP contribution in [0.15, 0.2) is 55.0 Å². The second-order valence-electron chi connectivity index (χ2n) is 7.07. The Morgan fingerprint density at radius 1 is 1.25 bits per heavy atom. The van der Waals surface area contributed by atoms with Crippen molar-refractivity contribution in [1.82, 2.24) is 19.4 Å². The summed E-state index contributed by atoms with van der Waals surface area (Å²) in [5.74, 6) is 0.860. The van der Waals surface area contributed by atoms with Crippen molar-refractivity contribution in [3.63, 3.8) is 0 Å². The summed E-state index contributed by atoms with van der Waals surface area (Å²) in [6.07, 6.45) is 7.36. The lowest BCUT2D eigenvalue weighted by molar-refractivity contribution is 0.0679. The van der Waals surface area contributed by atoms with Gasteiger partial charge in [0, 0.05) is 48.5 Å². The number of benzene rings is 1. The molecule has 140 valence electrons. The van der Waals surface area contributed by atoms with E-state index in [4.69, 9.17) is 5.26 Å². The van der Waals surface area contributed by atoms with Crippen LogP contribution >= 0.6 is 0 Å². The van der Waals surface area contributed by atoms with Crippen molar-refractivity contribution in [1.29, 1.82) is 5.26 Å². The van der Waals surface area contributed by atoms with Crippen LogP contribution in [0.2, 0.25) is 0 Å². The number of rotatable bonds is 3. The maximum Gasteiger partial charge on any atom is 0.253 e. The summed E-state index contributed by atoms with van der Waals surface area (Å²) in [6, 6.07) is 13.1. The van der Waals surface area contributed by atoms with E-state index < -0.39 is 0 Å². The molecule has 0 N–H and O–H groups in total. The van der Waals surface area contributed by atoms with E-state index in [1.54, 1.807) is 30.5 Å². The van der Waals surface area contributed by atoms with Crippen molar-refractivity contribution in [2.45, 2.75) is 25.8 Å². The van der Waals surface area contributed by atoms with Gasteiger partial charge in [0.25, 0.3) is 5.91 Å². The first-order valence-electron chi connectivity index (χ1n) is 9.41. The summed E-state index contributed by atoms with van der Waals surface area (Å²) in [5, 5.41) is 9.10. The van der Waals surface area contributed by atoms with Gasteiger partial charge in [0.1, 0.15) is 5.82 Å². The van der Waals surface area contributed by atoms with Crippen LogP contribution in [0.3, 0.4) is 0 Å². The van der Waals surface area contributed by atoms with Gasteiger partial charge in [0.2, 0.25) is 0 Å². The quantitative estimate of drug-likeness (QED) is 0.705. The maximum atomic E-state index is 13.0. The first-order valence-corrected chi connectivity index (χ1v) is 9.41. The largest absolute Gasteiger partial charge is 0.337 e. The molecule has 0 radical (unpaired) electrons. The van der Waals surface area contributed by atoms with Gasteiger partial charge in [-0.1, -0.05) is 6.07 Å². The highest BCUT2D eigenvalue weighted by Gasteiger charge is 2.28. The number of nitriles is 1. The molecule has 3 heterocycles. The summed E-state index contributed by atoms with van der Waals surface area (Å²) in [6.45, 7) is 3.40. The molecular weight excluding hydrogens is 350 g/mol. The van der Waals surface area contributed by atoms with Crippen molar-refractivity contribution < 1.29 is 4.79 Å². The fourth-order valence-electron chi connectivity index (χ4n) is 3.87. The summed E-state index contributed by atoms with van der Waals surface area (Å²) >= 11 is 0. The van der Waals surface area contributed by atoms with E-state index in [0.29, 0.717) is 17.7 Å². The lowest BCUT2D eigenvalue weighted by atomic mass is 10.0. The molecule has 0 spiro atoms. The Bertz CT molecular complexity index is 1030. The minimum absolute atomic E-state index is 0.0255. The number of pyridine rings is 1. The summed E-state index contributed by atoms with van der Waals surface area (Å²) in [5.41, 5.74) is 3.11. The van der Waals surface area contributed by atoms with Crippen LogP contribution in [-0.4, -0.2) is 38.4 Å². The number of carbonyl (C=O) groups excluding carboxylic acids is 1. The second-order valence-corrected chi connectivity index (χ2v) is 7.07. The molecule has 0 aliphatic carbocycles. The molecule has 0 saturated carbocycles. The minimum Gasteiger partial charge on any atom is -0.337 e. The van der Waals surface area contributed by atoms with Crippen LogP contribution in [0.25, 0.3) is 11.4 Å². The Hall–Kier alpha value is -3.46. The maximum absolute atomic E-state index is 13.0. The molecule has 28 heavy (non-hydrogen) atoms. The predicted octanol–water partition coefficient (Wildman–Crippen LogP) is 3.60. The van der Waals surface area contributed by atoms with Gasteiger partial charge in [0.05, 0.1) is 17.7 Å². The molecule has 1 saturated heterocycles. The van der Waals surface area contributed by atoms with E-state index >= 15 is 0 Å². The normalized spacial score (nSPS) is 16.6. The molecule has 1 amide bonds. The summed E-state index contributed by atoms with van der Waals surface area (Å²) in [7, 11) is 0. The highest BCUT2D eigenvalue weighted by molar-refractivity contribution is 5.94. The zero-order valence-electron chi connectivity index (χ0n) is 15.7. The van der Waals surface area contributed by atoms with Crippen LogP contribution in [-0.2, 0) is 0 Å². The Kier molecular flexibility index (Phi) is 4.90. The van der Waals surface area contributed by atoms with E-state index in [2.05, 4.69) is 20.6 Å². The van der Waals surface area contributed by atoms with E-state index in [-0.39, 0.29) is 11.9 Å². The van der Waals surface area contributed by atoms with Gasteiger partial charge >= 0.3 is 0 Å². The number of imidazole rings is 1. The zero-order chi connectivity index (χ0) is 19.5. The molecule has 1 unspecified atom stereocenters. The Morgan fingerprint density at radius 3 is 2.93 bits per heavy atom. The molecule has 1 aliphatic rings. The van der Waals surface area contributed by atoms with Crippen molar-refractivity contribution >= 4 is 5.91 Å². The number of piperidine rings is 1. The van der Waals surface area contributed by atoms with Crippen molar-refractivity contribution in [3.05, 3.63) is 71.8 Å². The third kappa shape index (κ3) is 3.39. The van der Waals surface area contributed by atoms with Crippen molar-refractivity contribution in [3.8, 4) is 17.5 Å². The first-order chi connectivity index (χ1) is 13.7. The topological polar surface area (TPSA) is 74.8 Å². The van der Waals surface area contributed by atoms with E-state index in [1.807, 2.05) is 36.4 Å². The third-order valence-electron chi connectivity index (χ3n) is 5.19. The molecule has 6 heteroatoms. The number of hydrogen-bond donors (Lipinski definition) is 0. The molecule has 6 nitrogen and oxygen atoms in total.